The molecule has 2 N–H and O–H groups in total. The molecule has 0 aliphatic rings. The fourth-order valence-electron chi connectivity index (χ4n) is 3.31. The first kappa shape index (κ1) is 21.9. The molecule has 0 bridgehead atoms. The number of furan rings is 1. The Morgan fingerprint density at radius 3 is 2.27 bits per heavy atom. The molecule has 0 atom stereocenters. The minimum Gasteiger partial charge on any atom is -0.476 e. The summed E-state index contributed by atoms with van der Waals surface area (Å²) in [4.78, 5) is 36.8. The first-order chi connectivity index (χ1) is 15.8. The van der Waals surface area contributed by atoms with Crippen LogP contribution < -0.4 is 20.8 Å². The second kappa shape index (κ2) is 9.04. The molecule has 0 spiro atoms. The van der Waals surface area contributed by atoms with Gasteiger partial charge in [0.15, 0.2) is 12.4 Å². The van der Waals surface area contributed by atoms with Gasteiger partial charge in [0, 0.05) is 18.3 Å². The van der Waals surface area contributed by atoms with Crippen LogP contribution in [0.2, 0.25) is 0 Å². The molecule has 0 aliphatic carbocycles. The number of ether oxygens (including phenoxy) is 1. The molecule has 2 amide bonds. The summed E-state index contributed by atoms with van der Waals surface area (Å²) in [6.07, 6.45) is 1.46. The maximum atomic E-state index is 13.2. The molecular formula is C25H22N2O6. The van der Waals surface area contributed by atoms with Gasteiger partial charge >= 0.3 is 0 Å². The van der Waals surface area contributed by atoms with Crippen LogP contribution >= 0.6 is 0 Å². The van der Waals surface area contributed by atoms with Crippen molar-refractivity contribution in [1.82, 2.24) is 0 Å². The fraction of sp³-hybridized carbons (Fsp3) is 0.160. The third kappa shape index (κ3) is 4.79. The summed E-state index contributed by atoms with van der Waals surface area (Å²) in [6, 6.07) is 13.5. The largest absolute Gasteiger partial charge is 0.476 e. The lowest BCUT2D eigenvalue weighted by Crippen LogP contribution is -2.22. The van der Waals surface area contributed by atoms with Crippen LogP contribution in [-0.4, -0.2) is 18.4 Å². The van der Waals surface area contributed by atoms with Crippen LogP contribution in [0.15, 0.2) is 68.4 Å². The number of hydrogen-bond donors (Lipinski definition) is 2. The van der Waals surface area contributed by atoms with Crippen molar-refractivity contribution in [2.24, 2.45) is 0 Å². The van der Waals surface area contributed by atoms with E-state index in [1.54, 1.807) is 48.5 Å². The predicted octanol–water partition coefficient (Wildman–Crippen LogP) is 4.65. The molecule has 0 unspecified atom stereocenters. The molecule has 33 heavy (non-hydrogen) atoms. The summed E-state index contributed by atoms with van der Waals surface area (Å²) in [7, 11) is 0. The van der Waals surface area contributed by atoms with Crippen LogP contribution in [0.3, 0.4) is 0 Å². The van der Waals surface area contributed by atoms with E-state index in [-0.39, 0.29) is 17.4 Å². The maximum absolute atomic E-state index is 13.2. The van der Waals surface area contributed by atoms with Gasteiger partial charge in [-0.05, 0) is 73.5 Å². The van der Waals surface area contributed by atoms with E-state index in [1.165, 1.54) is 13.2 Å². The molecule has 0 radical (unpaired) electrons. The summed E-state index contributed by atoms with van der Waals surface area (Å²) in [5.41, 5.74) is 3.06. The second-order valence-corrected chi connectivity index (χ2v) is 7.59. The van der Waals surface area contributed by atoms with Crippen LogP contribution in [0.4, 0.5) is 11.4 Å². The zero-order chi connectivity index (χ0) is 23.5. The number of nitrogens with one attached hydrogen (secondary N) is 2. The molecule has 0 saturated heterocycles. The lowest BCUT2D eigenvalue weighted by atomic mass is 10.1. The molecule has 2 aromatic heterocycles. The summed E-state index contributed by atoms with van der Waals surface area (Å²) in [6.45, 7) is 4.83. The summed E-state index contributed by atoms with van der Waals surface area (Å²) in [5.74, 6) is -0.319. The van der Waals surface area contributed by atoms with Gasteiger partial charge in [-0.2, -0.15) is 0 Å². The van der Waals surface area contributed by atoms with Crippen molar-refractivity contribution < 1.29 is 23.2 Å². The van der Waals surface area contributed by atoms with Gasteiger partial charge in [-0.3, -0.25) is 14.4 Å². The average molecular weight is 446 g/mol. The Hall–Kier alpha value is -4.33. The third-order valence-corrected chi connectivity index (χ3v) is 5.05. The quantitative estimate of drug-likeness (QED) is 0.446. The topological polar surface area (TPSA) is 111 Å². The highest BCUT2D eigenvalue weighted by Gasteiger charge is 2.21. The van der Waals surface area contributed by atoms with Gasteiger partial charge in [0.2, 0.25) is 22.8 Å². The standard InChI is InChI=1S/C25H22N2O6/c1-14-11-19-21(12-15(14)2)33-24(20-5-4-10-31-20)25(23(19)30)32-13-22(29)27-18-8-6-17(7-9-18)26-16(3)28/h4-12H,13H2,1-3H3,(H,26,28)(H,27,29). The third-order valence-electron chi connectivity index (χ3n) is 5.05. The smallest absolute Gasteiger partial charge is 0.262 e. The van der Waals surface area contributed by atoms with E-state index in [9.17, 15) is 14.4 Å². The Labute approximate surface area is 189 Å². The Kier molecular flexibility index (Phi) is 5.99. The summed E-state index contributed by atoms with van der Waals surface area (Å²) >= 11 is 0. The van der Waals surface area contributed by atoms with Gasteiger partial charge in [0.05, 0.1) is 11.6 Å². The van der Waals surface area contributed by atoms with E-state index in [4.69, 9.17) is 13.6 Å². The number of hydrogen-bond acceptors (Lipinski definition) is 6. The van der Waals surface area contributed by atoms with Gasteiger partial charge in [-0.15, -0.1) is 0 Å². The number of amides is 2. The molecule has 8 heteroatoms. The highest BCUT2D eigenvalue weighted by molar-refractivity contribution is 5.93. The van der Waals surface area contributed by atoms with E-state index < -0.39 is 17.9 Å². The molecule has 0 aliphatic heterocycles. The van der Waals surface area contributed by atoms with Crippen molar-refractivity contribution in [1.29, 1.82) is 0 Å². The van der Waals surface area contributed by atoms with Crippen LogP contribution in [0.1, 0.15) is 18.1 Å². The number of aryl methyl sites for hydroxylation is 2. The first-order valence-corrected chi connectivity index (χ1v) is 10.2. The van der Waals surface area contributed by atoms with E-state index in [1.807, 2.05) is 13.8 Å². The number of fused-ring (bicyclic) bond motifs is 1. The highest BCUT2D eigenvalue weighted by atomic mass is 16.5. The summed E-state index contributed by atoms with van der Waals surface area (Å²) < 4.78 is 17.0. The van der Waals surface area contributed by atoms with Crippen molar-refractivity contribution in [2.45, 2.75) is 20.8 Å². The summed E-state index contributed by atoms with van der Waals surface area (Å²) in [5, 5.41) is 5.70. The number of benzene rings is 2. The molecule has 4 aromatic rings. The Morgan fingerprint density at radius 1 is 0.970 bits per heavy atom. The number of rotatable bonds is 6. The van der Waals surface area contributed by atoms with E-state index in [2.05, 4.69) is 10.6 Å². The van der Waals surface area contributed by atoms with Gasteiger partial charge in [0.25, 0.3) is 5.91 Å². The highest BCUT2D eigenvalue weighted by Crippen LogP contribution is 2.32. The van der Waals surface area contributed by atoms with Crippen molar-refractivity contribution in [3.8, 4) is 17.3 Å². The van der Waals surface area contributed by atoms with Crippen molar-refractivity contribution in [2.75, 3.05) is 17.2 Å². The maximum Gasteiger partial charge on any atom is 0.262 e. The SMILES string of the molecule is CC(=O)Nc1ccc(NC(=O)COc2c(-c3ccco3)oc3cc(C)c(C)cc3c2=O)cc1. The molecule has 0 saturated carbocycles. The van der Waals surface area contributed by atoms with Gasteiger partial charge < -0.3 is 24.2 Å². The molecule has 0 fully saturated rings. The van der Waals surface area contributed by atoms with Crippen LogP contribution in [0, 0.1) is 13.8 Å². The molecule has 4 rings (SSSR count). The fourth-order valence-corrected chi connectivity index (χ4v) is 3.31. The van der Waals surface area contributed by atoms with Crippen molar-refractivity contribution in [3.05, 3.63) is 76.1 Å². The molecule has 168 valence electrons. The lowest BCUT2D eigenvalue weighted by Gasteiger charge is -2.12. The monoisotopic (exact) mass is 446 g/mol. The van der Waals surface area contributed by atoms with Gasteiger partial charge in [-0.1, -0.05) is 0 Å². The number of anilines is 2. The normalized spacial score (nSPS) is 10.8. The second-order valence-electron chi connectivity index (χ2n) is 7.59. The number of carbonyl (C=O) groups is 2. The molecule has 2 heterocycles. The van der Waals surface area contributed by atoms with Crippen LogP contribution in [0.5, 0.6) is 5.75 Å². The first-order valence-electron chi connectivity index (χ1n) is 10.2. The van der Waals surface area contributed by atoms with Crippen LogP contribution in [-0.2, 0) is 9.59 Å². The average Bonchev–Trinajstić information content (AvgIpc) is 3.30. The lowest BCUT2D eigenvalue weighted by molar-refractivity contribution is -0.118. The Balaban J connectivity index is 1.58. The van der Waals surface area contributed by atoms with E-state index in [0.29, 0.717) is 28.1 Å². The zero-order valence-corrected chi connectivity index (χ0v) is 18.4. The van der Waals surface area contributed by atoms with E-state index in [0.717, 1.165) is 11.1 Å². The van der Waals surface area contributed by atoms with Crippen LogP contribution in [0.25, 0.3) is 22.5 Å². The molecule has 8 nitrogen and oxygen atoms in total. The molecule has 2 aromatic carbocycles. The van der Waals surface area contributed by atoms with Gasteiger partial charge in [-0.25, -0.2) is 0 Å². The van der Waals surface area contributed by atoms with E-state index >= 15 is 0 Å². The van der Waals surface area contributed by atoms with Crippen molar-refractivity contribution in [3.63, 3.8) is 0 Å². The molecular weight excluding hydrogens is 424 g/mol. The minimum atomic E-state index is -0.466. The predicted molar refractivity (Wildman–Crippen MR) is 125 cm³/mol. The van der Waals surface area contributed by atoms with Crippen molar-refractivity contribution >= 4 is 34.2 Å². The zero-order valence-electron chi connectivity index (χ0n) is 18.4. The van der Waals surface area contributed by atoms with Gasteiger partial charge in [0.1, 0.15) is 5.58 Å². The minimum absolute atomic E-state index is 0.100. The Morgan fingerprint density at radius 2 is 1.64 bits per heavy atom. The Bertz CT molecular complexity index is 1390. The number of carbonyl (C=O) groups excluding carboxylic acids is 2.